The Morgan fingerprint density at radius 3 is 2.60 bits per heavy atom. The van der Waals surface area contributed by atoms with Crippen molar-refractivity contribution < 1.29 is 0 Å². The van der Waals surface area contributed by atoms with Crippen LogP contribution >= 0.6 is 0 Å². The number of aliphatic imine (C=N–C) groups is 1. The average molecular weight is 202 g/mol. The van der Waals surface area contributed by atoms with Crippen LogP contribution in [-0.2, 0) is 0 Å². The molecule has 0 unspecified atom stereocenters. The molecule has 1 aromatic rings. The molecular weight excluding hydrogens is 184 g/mol. The summed E-state index contributed by atoms with van der Waals surface area (Å²) >= 11 is 0. The van der Waals surface area contributed by atoms with Crippen molar-refractivity contribution in [3.05, 3.63) is 42.6 Å². The molecule has 0 heterocycles. The lowest BCUT2D eigenvalue weighted by atomic mass is 10.2. The third kappa shape index (κ3) is 5.01. The largest absolute Gasteiger partial charge is 0.359 e. The predicted octanol–water partition coefficient (Wildman–Crippen LogP) is 3.48. The van der Waals surface area contributed by atoms with Gasteiger partial charge < -0.3 is 10.3 Å². The van der Waals surface area contributed by atoms with Gasteiger partial charge in [-0.1, -0.05) is 24.8 Å². The molecule has 0 amide bonds. The molecule has 0 saturated carbocycles. The first-order chi connectivity index (χ1) is 7.33. The second-order valence-electron chi connectivity index (χ2n) is 3.50. The maximum Gasteiger partial charge on any atom is 0.0382 e. The van der Waals surface area contributed by atoms with Gasteiger partial charge in [0.05, 0.1) is 0 Å². The topological polar surface area (TPSA) is 24.4 Å². The lowest BCUT2D eigenvalue weighted by Crippen LogP contribution is -1.98. The van der Waals surface area contributed by atoms with E-state index < -0.39 is 0 Å². The van der Waals surface area contributed by atoms with Gasteiger partial charge in [0.15, 0.2) is 0 Å². The molecule has 80 valence electrons. The van der Waals surface area contributed by atoms with Crippen molar-refractivity contribution in [3.63, 3.8) is 0 Å². The normalized spacial score (nSPS) is 9.60. The molecule has 0 aliphatic carbocycles. The Balaban J connectivity index is 2.22. The summed E-state index contributed by atoms with van der Waals surface area (Å²) in [5.41, 5.74) is 2.16. The summed E-state index contributed by atoms with van der Waals surface area (Å²) in [5, 5.41) is 3.28. The second kappa shape index (κ2) is 6.82. The van der Waals surface area contributed by atoms with Gasteiger partial charge in [0, 0.05) is 17.9 Å². The fourth-order valence-corrected chi connectivity index (χ4v) is 1.35. The van der Waals surface area contributed by atoms with Gasteiger partial charge >= 0.3 is 0 Å². The van der Waals surface area contributed by atoms with E-state index >= 15 is 0 Å². The van der Waals surface area contributed by atoms with Gasteiger partial charge in [0.1, 0.15) is 0 Å². The molecule has 2 nitrogen and oxygen atoms in total. The van der Waals surface area contributed by atoms with Crippen molar-refractivity contribution in [2.24, 2.45) is 4.99 Å². The molecule has 0 radical (unpaired) electrons. The monoisotopic (exact) mass is 202 g/mol. The molecule has 0 spiro atoms. The molecule has 0 atom stereocenters. The van der Waals surface area contributed by atoms with Crippen LogP contribution in [0, 0.1) is 0 Å². The SMILES string of the molecule is C=NCCCCC(=C)Nc1ccccc1. The van der Waals surface area contributed by atoms with Crippen LogP contribution in [0.15, 0.2) is 47.6 Å². The van der Waals surface area contributed by atoms with Gasteiger partial charge in [-0.25, -0.2) is 0 Å². The van der Waals surface area contributed by atoms with E-state index in [1.54, 1.807) is 0 Å². The Bertz CT molecular complexity index is 304. The van der Waals surface area contributed by atoms with Crippen LogP contribution in [0.5, 0.6) is 0 Å². The molecule has 0 saturated heterocycles. The number of allylic oxidation sites excluding steroid dienone is 1. The standard InChI is InChI=1S/C13H18N2/c1-12(8-6-7-11-14-2)15-13-9-4-3-5-10-13/h3-5,9-10,15H,1-2,6-8,11H2. The minimum atomic E-state index is 0.846. The summed E-state index contributed by atoms with van der Waals surface area (Å²) in [5.74, 6) is 0. The van der Waals surface area contributed by atoms with Gasteiger partial charge in [0.2, 0.25) is 0 Å². The highest BCUT2D eigenvalue weighted by Crippen LogP contribution is 2.11. The molecule has 0 bridgehead atoms. The van der Waals surface area contributed by atoms with E-state index in [0.717, 1.165) is 37.2 Å². The maximum absolute atomic E-state index is 3.99. The highest BCUT2D eigenvalue weighted by molar-refractivity contribution is 5.47. The Kier molecular flexibility index (Phi) is 5.23. The van der Waals surface area contributed by atoms with Gasteiger partial charge in [-0.15, -0.1) is 0 Å². The zero-order valence-corrected chi connectivity index (χ0v) is 9.08. The van der Waals surface area contributed by atoms with Crippen LogP contribution < -0.4 is 5.32 Å². The number of para-hydroxylation sites is 1. The summed E-state index contributed by atoms with van der Waals surface area (Å²) in [7, 11) is 0. The fraction of sp³-hybridized carbons (Fsp3) is 0.308. The highest BCUT2D eigenvalue weighted by atomic mass is 14.9. The molecule has 1 N–H and O–H groups in total. The van der Waals surface area contributed by atoms with Crippen LogP contribution in [-0.4, -0.2) is 13.3 Å². The van der Waals surface area contributed by atoms with Crippen LogP contribution in [0.4, 0.5) is 5.69 Å². The van der Waals surface area contributed by atoms with Crippen molar-refractivity contribution >= 4 is 12.4 Å². The van der Waals surface area contributed by atoms with Gasteiger partial charge in [-0.2, -0.15) is 0 Å². The predicted molar refractivity (Wildman–Crippen MR) is 67.5 cm³/mol. The van der Waals surface area contributed by atoms with E-state index in [0.29, 0.717) is 0 Å². The summed E-state index contributed by atoms with van der Waals surface area (Å²) in [4.78, 5) is 3.82. The Morgan fingerprint density at radius 1 is 1.20 bits per heavy atom. The maximum atomic E-state index is 3.99. The van der Waals surface area contributed by atoms with Crippen LogP contribution in [0.2, 0.25) is 0 Å². The molecule has 0 aromatic heterocycles. The number of hydrogen-bond acceptors (Lipinski definition) is 2. The highest BCUT2D eigenvalue weighted by Gasteiger charge is 1.94. The van der Waals surface area contributed by atoms with Crippen molar-refractivity contribution in [3.8, 4) is 0 Å². The molecule has 15 heavy (non-hydrogen) atoms. The average Bonchev–Trinajstić information content (AvgIpc) is 2.26. The lowest BCUT2D eigenvalue weighted by Gasteiger charge is -2.08. The van der Waals surface area contributed by atoms with E-state index in [1.165, 1.54) is 0 Å². The van der Waals surface area contributed by atoms with Crippen LogP contribution in [0.3, 0.4) is 0 Å². The number of unbranched alkanes of at least 4 members (excludes halogenated alkanes) is 1. The van der Waals surface area contributed by atoms with Gasteiger partial charge in [-0.3, -0.25) is 0 Å². The molecule has 0 aliphatic heterocycles. The first-order valence-corrected chi connectivity index (χ1v) is 5.25. The number of anilines is 1. The van der Waals surface area contributed by atoms with Crippen molar-refractivity contribution in [1.82, 2.24) is 0 Å². The fourth-order valence-electron chi connectivity index (χ4n) is 1.35. The second-order valence-corrected chi connectivity index (χ2v) is 3.50. The lowest BCUT2D eigenvalue weighted by molar-refractivity contribution is 0.746. The Labute approximate surface area is 91.7 Å². The number of benzene rings is 1. The smallest absolute Gasteiger partial charge is 0.0382 e. The van der Waals surface area contributed by atoms with Crippen molar-refractivity contribution in [1.29, 1.82) is 0 Å². The van der Waals surface area contributed by atoms with Crippen LogP contribution in [0.1, 0.15) is 19.3 Å². The number of rotatable bonds is 7. The summed E-state index contributed by atoms with van der Waals surface area (Å²) in [6.45, 7) is 8.29. The zero-order valence-electron chi connectivity index (χ0n) is 9.08. The third-order valence-electron chi connectivity index (χ3n) is 2.14. The van der Waals surface area contributed by atoms with Crippen LogP contribution in [0.25, 0.3) is 0 Å². The summed E-state index contributed by atoms with van der Waals surface area (Å²) in [6.07, 6.45) is 3.18. The van der Waals surface area contributed by atoms with E-state index in [1.807, 2.05) is 30.3 Å². The molecule has 0 aliphatic rings. The molecule has 2 heteroatoms. The molecular formula is C13H18N2. The third-order valence-corrected chi connectivity index (χ3v) is 2.14. The van der Waals surface area contributed by atoms with Gasteiger partial charge in [-0.05, 0) is 38.1 Å². The first kappa shape index (κ1) is 11.5. The first-order valence-electron chi connectivity index (χ1n) is 5.25. The molecule has 0 fully saturated rings. The molecule has 1 rings (SSSR count). The van der Waals surface area contributed by atoms with E-state index in [9.17, 15) is 0 Å². The number of hydrogen-bond donors (Lipinski definition) is 1. The number of nitrogens with zero attached hydrogens (tertiary/aromatic N) is 1. The zero-order chi connectivity index (χ0) is 10.9. The van der Waals surface area contributed by atoms with E-state index in [4.69, 9.17) is 0 Å². The van der Waals surface area contributed by atoms with Crippen molar-refractivity contribution in [2.45, 2.75) is 19.3 Å². The minimum absolute atomic E-state index is 0.846. The van der Waals surface area contributed by atoms with E-state index in [-0.39, 0.29) is 0 Å². The number of nitrogens with one attached hydrogen (secondary N) is 1. The van der Waals surface area contributed by atoms with Gasteiger partial charge in [0.25, 0.3) is 0 Å². The minimum Gasteiger partial charge on any atom is -0.359 e. The quantitative estimate of drug-likeness (QED) is 0.531. The Morgan fingerprint density at radius 2 is 1.93 bits per heavy atom. The van der Waals surface area contributed by atoms with Crippen molar-refractivity contribution in [2.75, 3.05) is 11.9 Å². The molecule has 1 aromatic carbocycles. The Hall–Kier alpha value is -1.57. The summed E-state index contributed by atoms with van der Waals surface area (Å²) in [6, 6.07) is 10.1. The summed E-state index contributed by atoms with van der Waals surface area (Å²) < 4.78 is 0. The van der Waals surface area contributed by atoms with E-state index in [2.05, 4.69) is 23.6 Å².